The molecule has 0 aliphatic heterocycles. The highest BCUT2D eigenvalue weighted by atomic mass is 79.9. The lowest BCUT2D eigenvalue weighted by atomic mass is 10.2. The van der Waals surface area contributed by atoms with Crippen LogP contribution in [0.3, 0.4) is 0 Å². The van der Waals surface area contributed by atoms with Crippen LogP contribution in [-0.4, -0.2) is 14.9 Å². The lowest BCUT2D eigenvalue weighted by molar-refractivity contribution is -0.385. The SMILES string of the molecule is Cc1cc(F)c(Br)cc1Nc1nc(N)nc(C)c1[N+](=O)[O-]. The van der Waals surface area contributed by atoms with Crippen LogP contribution in [0.2, 0.25) is 0 Å². The lowest BCUT2D eigenvalue weighted by Gasteiger charge is -2.11. The number of nitrogens with zero attached hydrogens (tertiary/aromatic N) is 3. The van der Waals surface area contributed by atoms with Crippen molar-refractivity contribution in [3.05, 3.63) is 43.8 Å². The van der Waals surface area contributed by atoms with Crippen LogP contribution in [0.1, 0.15) is 11.3 Å². The van der Waals surface area contributed by atoms with E-state index >= 15 is 0 Å². The van der Waals surface area contributed by atoms with Crippen LogP contribution < -0.4 is 11.1 Å². The second kappa shape index (κ2) is 5.60. The number of anilines is 3. The highest BCUT2D eigenvalue weighted by Crippen LogP contribution is 2.31. The fourth-order valence-corrected chi connectivity index (χ4v) is 2.15. The molecule has 1 heterocycles. The quantitative estimate of drug-likeness (QED) is 0.646. The zero-order valence-corrected chi connectivity index (χ0v) is 12.7. The molecule has 21 heavy (non-hydrogen) atoms. The van der Waals surface area contributed by atoms with Gasteiger partial charge in [-0.15, -0.1) is 0 Å². The molecular formula is C12H11BrFN5O2. The Morgan fingerprint density at radius 1 is 1.38 bits per heavy atom. The molecular weight excluding hydrogens is 345 g/mol. The molecule has 0 spiro atoms. The first kappa shape index (κ1) is 15.1. The minimum absolute atomic E-state index is 0.0355. The van der Waals surface area contributed by atoms with Gasteiger partial charge in [0.1, 0.15) is 11.5 Å². The number of benzene rings is 1. The van der Waals surface area contributed by atoms with Gasteiger partial charge in [-0.1, -0.05) is 0 Å². The molecule has 3 N–H and O–H groups in total. The maximum absolute atomic E-state index is 13.4. The van der Waals surface area contributed by atoms with Gasteiger partial charge in [0, 0.05) is 5.69 Å². The summed E-state index contributed by atoms with van der Waals surface area (Å²) in [6, 6.07) is 2.78. The van der Waals surface area contributed by atoms with Crippen molar-refractivity contribution < 1.29 is 9.31 Å². The van der Waals surface area contributed by atoms with Crippen molar-refractivity contribution in [2.45, 2.75) is 13.8 Å². The smallest absolute Gasteiger partial charge is 0.332 e. The summed E-state index contributed by atoms with van der Waals surface area (Å²) >= 11 is 3.06. The second-order valence-electron chi connectivity index (χ2n) is 4.33. The van der Waals surface area contributed by atoms with Gasteiger partial charge in [0.15, 0.2) is 0 Å². The zero-order chi connectivity index (χ0) is 15.7. The van der Waals surface area contributed by atoms with Crippen molar-refractivity contribution >= 4 is 39.1 Å². The maximum Gasteiger partial charge on any atom is 0.332 e. The van der Waals surface area contributed by atoms with E-state index in [1.807, 2.05) is 0 Å². The van der Waals surface area contributed by atoms with Crippen LogP contribution in [0.25, 0.3) is 0 Å². The van der Waals surface area contributed by atoms with Crippen LogP contribution in [0, 0.1) is 29.8 Å². The molecule has 0 unspecified atom stereocenters. The molecule has 0 radical (unpaired) electrons. The molecule has 0 aliphatic rings. The van der Waals surface area contributed by atoms with E-state index in [9.17, 15) is 14.5 Å². The van der Waals surface area contributed by atoms with Crippen LogP contribution in [0.4, 0.5) is 27.5 Å². The first-order valence-electron chi connectivity index (χ1n) is 5.80. The number of rotatable bonds is 3. The summed E-state index contributed by atoms with van der Waals surface area (Å²) in [5.74, 6) is -0.544. The number of nitrogens with two attached hydrogens (primary N) is 1. The number of aryl methyl sites for hydroxylation is 2. The van der Waals surface area contributed by atoms with Gasteiger partial charge in [-0.3, -0.25) is 10.1 Å². The summed E-state index contributed by atoms with van der Waals surface area (Å²) in [4.78, 5) is 18.1. The van der Waals surface area contributed by atoms with Crippen molar-refractivity contribution in [2.75, 3.05) is 11.1 Å². The van der Waals surface area contributed by atoms with E-state index in [4.69, 9.17) is 5.73 Å². The summed E-state index contributed by atoms with van der Waals surface area (Å²) in [5, 5.41) is 13.9. The largest absolute Gasteiger partial charge is 0.368 e. The molecule has 1 aromatic carbocycles. The molecule has 0 amide bonds. The Morgan fingerprint density at radius 2 is 2.05 bits per heavy atom. The maximum atomic E-state index is 13.4. The molecule has 9 heteroatoms. The summed E-state index contributed by atoms with van der Waals surface area (Å²) in [6.45, 7) is 3.13. The van der Waals surface area contributed by atoms with E-state index in [-0.39, 0.29) is 27.6 Å². The van der Waals surface area contributed by atoms with Crippen molar-refractivity contribution in [3.63, 3.8) is 0 Å². The lowest BCUT2D eigenvalue weighted by Crippen LogP contribution is -2.07. The molecule has 0 atom stereocenters. The third kappa shape index (κ3) is 3.07. The van der Waals surface area contributed by atoms with Crippen molar-refractivity contribution in [1.82, 2.24) is 9.97 Å². The predicted molar refractivity (Wildman–Crippen MR) is 80.0 cm³/mol. The van der Waals surface area contributed by atoms with Gasteiger partial charge in [-0.25, -0.2) is 9.37 Å². The van der Waals surface area contributed by atoms with E-state index in [1.54, 1.807) is 6.92 Å². The Labute approximate surface area is 127 Å². The molecule has 0 bridgehead atoms. The normalized spacial score (nSPS) is 10.5. The Balaban J connectivity index is 2.54. The van der Waals surface area contributed by atoms with Crippen LogP contribution in [0.15, 0.2) is 16.6 Å². The van der Waals surface area contributed by atoms with Gasteiger partial charge in [0.2, 0.25) is 11.8 Å². The molecule has 0 saturated carbocycles. The Kier molecular flexibility index (Phi) is 4.03. The Bertz CT molecular complexity index is 738. The van der Waals surface area contributed by atoms with Gasteiger partial charge < -0.3 is 11.1 Å². The minimum Gasteiger partial charge on any atom is -0.368 e. The summed E-state index contributed by atoms with van der Waals surface area (Å²) in [5.41, 5.74) is 6.44. The zero-order valence-electron chi connectivity index (χ0n) is 11.1. The first-order chi connectivity index (χ1) is 9.79. The highest BCUT2D eigenvalue weighted by Gasteiger charge is 2.22. The van der Waals surface area contributed by atoms with Crippen molar-refractivity contribution in [2.24, 2.45) is 0 Å². The highest BCUT2D eigenvalue weighted by molar-refractivity contribution is 9.10. The average Bonchev–Trinajstić information content (AvgIpc) is 2.34. The number of halogens is 2. The van der Waals surface area contributed by atoms with Gasteiger partial charge >= 0.3 is 5.69 Å². The predicted octanol–water partition coefficient (Wildman–Crippen LogP) is 3.23. The third-order valence-corrected chi connectivity index (χ3v) is 3.39. The second-order valence-corrected chi connectivity index (χ2v) is 5.18. The fraction of sp³-hybridized carbons (Fsp3) is 0.167. The number of hydrogen-bond acceptors (Lipinski definition) is 6. The molecule has 0 saturated heterocycles. The van der Waals surface area contributed by atoms with Crippen LogP contribution >= 0.6 is 15.9 Å². The minimum atomic E-state index is -0.592. The first-order valence-corrected chi connectivity index (χ1v) is 6.60. The Hall–Kier alpha value is -2.29. The van der Waals surface area contributed by atoms with Crippen LogP contribution in [-0.2, 0) is 0 Å². The molecule has 110 valence electrons. The van der Waals surface area contributed by atoms with E-state index in [2.05, 4.69) is 31.2 Å². The molecule has 7 nitrogen and oxygen atoms in total. The third-order valence-electron chi connectivity index (χ3n) is 2.78. The van der Waals surface area contributed by atoms with Crippen LogP contribution in [0.5, 0.6) is 0 Å². The standard InChI is InChI=1S/C12H11BrFN5O2/c1-5-3-8(14)7(13)4-9(5)17-11-10(19(20)21)6(2)16-12(15)18-11/h3-4H,1-2H3,(H3,15,16,17,18). The molecule has 0 fully saturated rings. The number of nitro groups is 1. The van der Waals surface area contributed by atoms with E-state index < -0.39 is 10.7 Å². The van der Waals surface area contributed by atoms with E-state index in [0.717, 1.165) is 0 Å². The number of nitrogen functional groups attached to an aromatic ring is 1. The summed E-state index contributed by atoms with van der Waals surface area (Å²) in [7, 11) is 0. The van der Waals surface area contributed by atoms with Gasteiger partial charge in [-0.2, -0.15) is 4.98 Å². The number of nitrogens with one attached hydrogen (secondary N) is 1. The fourth-order valence-electron chi connectivity index (χ4n) is 1.80. The molecule has 2 aromatic rings. The van der Waals surface area contributed by atoms with Crippen molar-refractivity contribution in [3.8, 4) is 0 Å². The van der Waals surface area contributed by atoms with Gasteiger partial charge in [-0.05, 0) is 47.5 Å². The number of hydrogen-bond donors (Lipinski definition) is 2. The molecule has 1 aromatic heterocycles. The monoisotopic (exact) mass is 355 g/mol. The molecule has 0 aliphatic carbocycles. The average molecular weight is 356 g/mol. The van der Waals surface area contributed by atoms with E-state index in [0.29, 0.717) is 11.3 Å². The number of aromatic nitrogens is 2. The van der Waals surface area contributed by atoms with E-state index in [1.165, 1.54) is 19.1 Å². The van der Waals surface area contributed by atoms with Gasteiger partial charge in [0.25, 0.3) is 0 Å². The van der Waals surface area contributed by atoms with Crippen molar-refractivity contribution in [1.29, 1.82) is 0 Å². The molecule has 2 rings (SSSR count). The van der Waals surface area contributed by atoms with Gasteiger partial charge in [0.05, 0.1) is 9.40 Å². The summed E-state index contributed by atoms with van der Waals surface area (Å²) < 4.78 is 13.6. The Morgan fingerprint density at radius 3 is 2.67 bits per heavy atom. The summed E-state index contributed by atoms with van der Waals surface area (Å²) in [6.07, 6.45) is 0. The topological polar surface area (TPSA) is 107 Å².